The first kappa shape index (κ1) is 17.4. The van der Waals surface area contributed by atoms with Crippen molar-refractivity contribution < 1.29 is 27.4 Å². The Morgan fingerprint density at radius 3 is 2.30 bits per heavy atom. The van der Waals surface area contributed by atoms with Gasteiger partial charge in [0.25, 0.3) is 0 Å². The van der Waals surface area contributed by atoms with Crippen LogP contribution in [-0.4, -0.2) is 29.5 Å². The van der Waals surface area contributed by atoms with Crippen LogP contribution in [0.4, 0.5) is 18.0 Å². The summed E-state index contributed by atoms with van der Waals surface area (Å²) in [5.74, 6) is -0.275. The topological polar surface area (TPSA) is 38.8 Å². The fourth-order valence-corrected chi connectivity index (χ4v) is 2.54. The number of amides is 1. The Morgan fingerprint density at radius 1 is 1.17 bits per heavy atom. The molecule has 2 rings (SSSR count). The Labute approximate surface area is 133 Å². The van der Waals surface area contributed by atoms with Gasteiger partial charge in [0.15, 0.2) is 0 Å². The van der Waals surface area contributed by atoms with E-state index in [9.17, 15) is 18.0 Å². The average molecular weight is 331 g/mol. The second-order valence-electron chi connectivity index (χ2n) is 6.45. The minimum Gasteiger partial charge on any atom is -0.444 e. The van der Waals surface area contributed by atoms with Gasteiger partial charge in [0.1, 0.15) is 11.4 Å². The molecule has 1 aliphatic heterocycles. The molecule has 4 nitrogen and oxygen atoms in total. The Bertz CT molecular complexity index is 549. The van der Waals surface area contributed by atoms with Crippen LogP contribution in [0, 0.1) is 0 Å². The van der Waals surface area contributed by atoms with Gasteiger partial charge in [-0.1, -0.05) is 12.1 Å². The van der Waals surface area contributed by atoms with Crippen molar-refractivity contribution in [2.45, 2.75) is 51.6 Å². The van der Waals surface area contributed by atoms with Gasteiger partial charge in [0.2, 0.25) is 0 Å². The molecule has 0 aromatic heterocycles. The predicted octanol–water partition coefficient (Wildman–Crippen LogP) is 4.66. The first-order valence-corrected chi connectivity index (χ1v) is 7.40. The quantitative estimate of drug-likeness (QED) is 0.791. The van der Waals surface area contributed by atoms with Gasteiger partial charge in [-0.25, -0.2) is 4.79 Å². The van der Waals surface area contributed by atoms with Crippen molar-refractivity contribution in [3.63, 3.8) is 0 Å². The highest BCUT2D eigenvalue weighted by Gasteiger charge is 2.34. The van der Waals surface area contributed by atoms with Gasteiger partial charge < -0.3 is 14.4 Å². The standard InChI is InChI=1S/C16H20F3NO3/c1-15(2,3)23-14(21)20-10-4-5-13(20)11-6-8-12(9-7-11)22-16(17,18)19/h6-9,13H,4-5,10H2,1-3H3. The van der Waals surface area contributed by atoms with Crippen LogP contribution in [0.25, 0.3) is 0 Å². The molecule has 23 heavy (non-hydrogen) atoms. The monoisotopic (exact) mass is 331 g/mol. The molecular formula is C16H20F3NO3. The summed E-state index contributed by atoms with van der Waals surface area (Å²) in [5, 5.41) is 0. The Kier molecular flexibility index (Phi) is 4.77. The van der Waals surface area contributed by atoms with Crippen LogP contribution in [0.2, 0.25) is 0 Å². The number of hydrogen-bond acceptors (Lipinski definition) is 3. The lowest BCUT2D eigenvalue weighted by Crippen LogP contribution is -2.36. The third kappa shape index (κ3) is 5.04. The zero-order valence-corrected chi connectivity index (χ0v) is 13.3. The molecule has 1 atom stereocenters. The first-order chi connectivity index (χ1) is 10.6. The lowest BCUT2D eigenvalue weighted by Gasteiger charge is -2.28. The summed E-state index contributed by atoms with van der Waals surface area (Å²) in [6, 6.07) is 5.43. The molecule has 1 fully saturated rings. The smallest absolute Gasteiger partial charge is 0.444 e. The SMILES string of the molecule is CC(C)(C)OC(=O)N1CCCC1c1ccc(OC(F)(F)F)cc1. The maximum absolute atomic E-state index is 12.2. The molecule has 1 aromatic carbocycles. The van der Waals surface area contributed by atoms with E-state index in [0.717, 1.165) is 18.4 Å². The summed E-state index contributed by atoms with van der Waals surface area (Å²) in [7, 11) is 0. The molecule has 0 N–H and O–H groups in total. The summed E-state index contributed by atoms with van der Waals surface area (Å²) < 4.78 is 45.8. The molecule has 0 bridgehead atoms. The summed E-state index contributed by atoms with van der Waals surface area (Å²) in [6.07, 6.45) is -3.54. The minimum atomic E-state index is -4.71. The summed E-state index contributed by atoms with van der Waals surface area (Å²) in [6.45, 7) is 5.94. The third-order valence-corrected chi connectivity index (χ3v) is 3.38. The number of ether oxygens (including phenoxy) is 2. The number of carbonyl (C=O) groups is 1. The Morgan fingerprint density at radius 2 is 1.78 bits per heavy atom. The summed E-state index contributed by atoms with van der Waals surface area (Å²) >= 11 is 0. The number of halogens is 3. The molecule has 1 saturated heterocycles. The number of carbonyl (C=O) groups excluding carboxylic acids is 1. The van der Waals surface area contributed by atoms with E-state index in [4.69, 9.17) is 4.74 Å². The maximum Gasteiger partial charge on any atom is 0.573 e. The van der Waals surface area contributed by atoms with Crippen molar-refractivity contribution in [3.8, 4) is 5.75 Å². The molecule has 7 heteroatoms. The lowest BCUT2D eigenvalue weighted by molar-refractivity contribution is -0.274. The van der Waals surface area contributed by atoms with Crippen LogP contribution in [-0.2, 0) is 4.74 Å². The highest BCUT2D eigenvalue weighted by Crippen LogP contribution is 2.34. The predicted molar refractivity (Wildman–Crippen MR) is 78.0 cm³/mol. The van der Waals surface area contributed by atoms with E-state index in [-0.39, 0.29) is 11.8 Å². The van der Waals surface area contributed by atoms with Crippen molar-refractivity contribution in [2.75, 3.05) is 6.54 Å². The van der Waals surface area contributed by atoms with Crippen LogP contribution in [0.1, 0.15) is 45.2 Å². The van der Waals surface area contributed by atoms with Crippen LogP contribution in [0.15, 0.2) is 24.3 Å². The molecular weight excluding hydrogens is 311 g/mol. The minimum absolute atomic E-state index is 0.190. The van der Waals surface area contributed by atoms with Crippen molar-refractivity contribution in [3.05, 3.63) is 29.8 Å². The van der Waals surface area contributed by atoms with E-state index in [1.807, 2.05) is 0 Å². The molecule has 128 valence electrons. The molecule has 0 spiro atoms. The lowest BCUT2D eigenvalue weighted by atomic mass is 10.0. The molecule has 1 unspecified atom stereocenters. The number of rotatable bonds is 2. The summed E-state index contributed by atoms with van der Waals surface area (Å²) in [4.78, 5) is 13.8. The van der Waals surface area contributed by atoms with E-state index in [0.29, 0.717) is 6.54 Å². The van der Waals surface area contributed by atoms with Gasteiger partial charge in [-0.15, -0.1) is 13.2 Å². The molecule has 0 aliphatic carbocycles. The van der Waals surface area contributed by atoms with E-state index in [1.165, 1.54) is 12.1 Å². The van der Waals surface area contributed by atoms with E-state index in [2.05, 4.69) is 4.74 Å². The van der Waals surface area contributed by atoms with Crippen LogP contribution in [0.5, 0.6) is 5.75 Å². The van der Waals surface area contributed by atoms with Crippen LogP contribution >= 0.6 is 0 Å². The van der Waals surface area contributed by atoms with Gasteiger partial charge in [-0.05, 0) is 51.3 Å². The third-order valence-electron chi connectivity index (χ3n) is 3.38. The molecule has 0 saturated carbocycles. The van der Waals surface area contributed by atoms with Gasteiger partial charge in [0, 0.05) is 6.54 Å². The van der Waals surface area contributed by atoms with Crippen molar-refractivity contribution >= 4 is 6.09 Å². The van der Waals surface area contributed by atoms with E-state index in [1.54, 1.807) is 37.8 Å². The van der Waals surface area contributed by atoms with Crippen molar-refractivity contribution in [1.29, 1.82) is 0 Å². The highest BCUT2D eigenvalue weighted by atomic mass is 19.4. The average Bonchev–Trinajstić information content (AvgIpc) is 2.85. The van der Waals surface area contributed by atoms with E-state index >= 15 is 0 Å². The second-order valence-corrected chi connectivity index (χ2v) is 6.45. The van der Waals surface area contributed by atoms with Gasteiger partial charge in [-0.2, -0.15) is 0 Å². The van der Waals surface area contributed by atoms with Crippen molar-refractivity contribution in [2.24, 2.45) is 0 Å². The number of alkyl halides is 3. The number of nitrogens with zero attached hydrogens (tertiary/aromatic N) is 1. The van der Waals surface area contributed by atoms with Gasteiger partial charge in [-0.3, -0.25) is 0 Å². The molecule has 1 aliphatic rings. The highest BCUT2D eigenvalue weighted by molar-refractivity contribution is 5.69. The maximum atomic E-state index is 12.2. The van der Waals surface area contributed by atoms with Crippen LogP contribution in [0.3, 0.4) is 0 Å². The van der Waals surface area contributed by atoms with Gasteiger partial charge in [0.05, 0.1) is 6.04 Å². The van der Waals surface area contributed by atoms with E-state index < -0.39 is 18.1 Å². The zero-order valence-electron chi connectivity index (χ0n) is 13.3. The second kappa shape index (κ2) is 6.29. The Hall–Kier alpha value is -1.92. The largest absolute Gasteiger partial charge is 0.573 e. The fourth-order valence-electron chi connectivity index (χ4n) is 2.54. The Balaban J connectivity index is 2.09. The van der Waals surface area contributed by atoms with Crippen LogP contribution < -0.4 is 4.74 Å². The van der Waals surface area contributed by atoms with Gasteiger partial charge >= 0.3 is 12.5 Å². The molecule has 1 amide bonds. The first-order valence-electron chi connectivity index (χ1n) is 7.40. The number of likely N-dealkylation sites (tertiary alicyclic amines) is 1. The summed E-state index contributed by atoms with van der Waals surface area (Å²) in [5.41, 5.74) is 0.178. The normalized spacial score (nSPS) is 18.9. The number of hydrogen-bond donors (Lipinski definition) is 0. The molecule has 0 radical (unpaired) electrons. The number of benzene rings is 1. The van der Waals surface area contributed by atoms with Crippen molar-refractivity contribution in [1.82, 2.24) is 4.90 Å². The molecule has 1 heterocycles. The fraction of sp³-hybridized carbons (Fsp3) is 0.562. The zero-order chi connectivity index (χ0) is 17.3. The molecule has 1 aromatic rings.